The summed E-state index contributed by atoms with van der Waals surface area (Å²) in [6.07, 6.45) is -4.16. The van der Waals surface area contributed by atoms with Gasteiger partial charge in [-0.05, 0) is 36.6 Å². The predicted octanol–water partition coefficient (Wildman–Crippen LogP) is 4.06. The fourth-order valence-electron chi connectivity index (χ4n) is 3.39. The summed E-state index contributed by atoms with van der Waals surface area (Å²) in [5.41, 5.74) is -0.668. The summed E-state index contributed by atoms with van der Waals surface area (Å²) in [5, 5.41) is 13.6. The van der Waals surface area contributed by atoms with Crippen molar-refractivity contribution in [1.29, 1.82) is 0 Å². The molecule has 0 amide bonds. The smallest absolute Gasteiger partial charge is 0.352 e. The number of aromatic nitrogens is 5. The van der Waals surface area contributed by atoms with Gasteiger partial charge in [0.2, 0.25) is 11.8 Å². The summed E-state index contributed by atoms with van der Waals surface area (Å²) in [4.78, 5) is 20.9. The molecule has 1 unspecified atom stereocenters. The molecule has 1 atom stereocenters. The highest BCUT2D eigenvalue weighted by molar-refractivity contribution is 6.32. The van der Waals surface area contributed by atoms with Crippen LogP contribution in [0.3, 0.4) is 0 Å². The monoisotopic (exact) mass is 527 g/mol. The van der Waals surface area contributed by atoms with Gasteiger partial charge in [-0.3, -0.25) is 4.57 Å². The number of fused-ring (bicyclic) bond motifs is 1. The molecule has 3 heterocycles. The molecule has 0 fully saturated rings. The van der Waals surface area contributed by atoms with Crippen LogP contribution in [-0.4, -0.2) is 48.6 Å². The minimum atomic E-state index is -3.22. The normalized spacial score (nSPS) is 12.3. The topological polar surface area (TPSA) is 104 Å². The lowest BCUT2D eigenvalue weighted by Gasteiger charge is -2.18. The van der Waals surface area contributed by atoms with Crippen molar-refractivity contribution in [3.05, 3.63) is 63.7 Å². The Hall–Kier alpha value is -3.71. The Kier molecular flexibility index (Phi) is 7.40. The summed E-state index contributed by atoms with van der Waals surface area (Å²) in [6, 6.07) is 6.58. The van der Waals surface area contributed by atoms with Crippen molar-refractivity contribution >= 4 is 22.4 Å². The fourth-order valence-corrected chi connectivity index (χ4v) is 3.59. The third-order valence-electron chi connectivity index (χ3n) is 5.09. The van der Waals surface area contributed by atoms with Crippen LogP contribution in [-0.2, 0) is 13.2 Å². The average Bonchev–Trinajstić information content (AvgIpc) is 3.19. The first-order valence-corrected chi connectivity index (χ1v) is 10.9. The molecule has 4 rings (SSSR count). The summed E-state index contributed by atoms with van der Waals surface area (Å²) < 4.78 is 67.2. The zero-order chi connectivity index (χ0) is 26.0. The first-order valence-electron chi connectivity index (χ1n) is 10.5. The zero-order valence-corrected chi connectivity index (χ0v) is 19.3. The predicted molar refractivity (Wildman–Crippen MR) is 120 cm³/mol. The summed E-state index contributed by atoms with van der Waals surface area (Å²) in [5.74, 6) is -2.23. The standard InChI is InChI=1S/C22H18ClF4N5O4/c1-2-31-16(10-33)30-32(22(31)34)15-8-11-6-7-28-20(36-18-12(23)4-3-5-13(18)25)17(11)21(29-15)35-14(9-24)19(26)27/h3-8,14,19,33H,2,9-10H2,1H3. The summed E-state index contributed by atoms with van der Waals surface area (Å²) in [7, 11) is 0. The molecule has 0 saturated carbocycles. The van der Waals surface area contributed by atoms with Crippen molar-refractivity contribution in [2.45, 2.75) is 32.6 Å². The minimum Gasteiger partial charge on any atom is -0.465 e. The van der Waals surface area contributed by atoms with Gasteiger partial charge in [-0.15, -0.1) is 5.10 Å². The molecule has 4 aromatic rings. The lowest BCUT2D eigenvalue weighted by molar-refractivity contribution is -0.00270. The first-order chi connectivity index (χ1) is 17.3. The molecule has 36 heavy (non-hydrogen) atoms. The van der Waals surface area contributed by atoms with Crippen molar-refractivity contribution in [2.75, 3.05) is 6.67 Å². The van der Waals surface area contributed by atoms with E-state index in [0.29, 0.717) is 0 Å². The van der Waals surface area contributed by atoms with Crippen molar-refractivity contribution in [3.8, 4) is 23.3 Å². The van der Waals surface area contributed by atoms with E-state index in [1.807, 2.05) is 0 Å². The Morgan fingerprint density at radius 2 is 2.00 bits per heavy atom. The Morgan fingerprint density at radius 3 is 2.61 bits per heavy atom. The quantitative estimate of drug-likeness (QED) is 0.327. The SMILES string of the molecule is CCn1c(CO)nn(-c2cc3ccnc(Oc4c(F)cccc4Cl)c3c(OC(CF)C(F)F)n2)c1=O. The second-order valence-electron chi connectivity index (χ2n) is 7.31. The molecular formula is C22H18ClF4N5O4. The minimum absolute atomic E-state index is 0.0361. The van der Waals surface area contributed by atoms with E-state index in [0.717, 1.165) is 10.7 Å². The molecule has 9 nitrogen and oxygen atoms in total. The van der Waals surface area contributed by atoms with Gasteiger partial charge < -0.3 is 14.6 Å². The van der Waals surface area contributed by atoms with E-state index in [9.17, 15) is 27.5 Å². The molecule has 190 valence electrons. The van der Waals surface area contributed by atoms with Crippen LogP contribution in [0.25, 0.3) is 16.6 Å². The van der Waals surface area contributed by atoms with Crippen LogP contribution in [0.2, 0.25) is 5.02 Å². The van der Waals surface area contributed by atoms with Gasteiger partial charge in [-0.25, -0.2) is 27.3 Å². The van der Waals surface area contributed by atoms with Crippen LogP contribution >= 0.6 is 11.6 Å². The number of alkyl halides is 3. The van der Waals surface area contributed by atoms with Crippen molar-refractivity contribution in [2.24, 2.45) is 0 Å². The van der Waals surface area contributed by atoms with Crippen LogP contribution in [0.1, 0.15) is 12.7 Å². The lowest BCUT2D eigenvalue weighted by atomic mass is 10.2. The molecule has 0 aliphatic heterocycles. The van der Waals surface area contributed by atoms with Gasteiger partial charge in [0.25, 0.3) is 6.43 Å². The van der Waals surface area contributed by atoms with E-state index in [1.165, 1.54) is 35.0 Å². The molecule has 14 heteroatoms. The van der Waals surface area contributed by atoms with Gasteiger partial charge in [-0.2, -0.15) is 9.67 Å². The van der Waals surface area contributed by atoms with Crippen molar-refractivity contribution < 1.29 is 32.1 Å². The van der Waals surface area contributed by atoms with E-state index in [1.54, 1.807) is 6.92 Å². The van der Waals surface area contributed by atoms with E-state index in [-0.39, 0.29) is 39.9 Å². The molecule has 0 saturated heterocycles. The maximum atomic E-state index is 14.3. The molecule has 0 aliphatic rings. The highest BCUT2D eigenvalue weighted by Gasteiger charge is 2.27. The van der Waals surface area contributed by atoms with Gasteiger partial charge in [0, 0.05) is 12.7 Å². The Balaban J connectivity index is 1.95. The third-order valence-corrected chi connectivity index (χ3v) is 5.39. The van der Waals surface area contributed by atoms with E-state index in [4.69, 9.17) is 21.1 Å². The number of para-hydroxylation sites is 1. The highest BCUT2D eigenvalue weighted by atomic mass is 35.5. The van der Waals surface area contributed by atoms with Crippen LogP contribution in [0.15, 0.2) is 41.3 Å². The molecular weight excluding hydrogens is 510 g/mol. The van der Waals surface area contributed by atoms with Gasteiger partial charge in [-0.1, -0.05) is 17.7 Å². The average molecular weight is 528 g/mol. The summed E-state index contributed by atoms with van der Waals surface area (Å²) >= 11 is 6.03. The Labute approximate surface area is 205 Å². The molecule has 0 bridgehead atoms. The number of aliphatic hydroxyl groups is 1. The Morgan fingerprint density at radius 1 is 1.22 bits per heavy atom. The van der Waals surface area contributed by atoms with Gasteiger partial charge in [0.05, 0.1) is 5.02 Å². The number of aliphatic hydroxyl groups excluding tert-OH is 1. The first kappa shape index (κ1) is 25.4. The molecule has 0 spiro atoms. The second-order valence-corrected chi connectivity index (χ2v) is 7.72. The Bertz CT molecular complexity index is 1440. The molecule has 0 radical (unpaired) electrons. The maximum absolute atomic E-state index is 14.3. The fraction of sp³-hybridized carbons (Fsp3) is 0.273. The van der Waals surface area contributed by atoms with Crippen LogP contribution in [0.4, 0.5) is 17.6 Å². The number of pyridine rings is 2. The van der Waals surface area contributed by atoms with Crippen LogP contribution in [0.5, 0.6) is 17.5 Å². The number of rotatable bonds is 9. The van der Waals surface area contributed by atoms with E-state index in [2.05, 4.69) is 15.1 Å². The summed E-state index contributed by atoms with van der Waals surface area (Å²) in [6.45, 7) is -0.258. The highest BCUT2D eigenvalue weighted by Crippen LogP contribution is 2.38. The van der Waals surface area contributed by atoms with Crippen molar-refractivity contribution in [1.82, 2.24) is 24.3 Å². The lowest BCUT2D eigenvalue weighted by Crippen LogP contribution is -2.28. The second kappa shape index (κ2) is 10.5. The van der Waals surface area contributed by atoms with Crippen molar-refractivity contribution in [3.63, 3.8) is 0 Å². The van der Waals surface area contributed by atoms with Gasteiger partial charge >= 0.3 is 5.69 Å². The molecule has 1 aromatic carbocycles. The molecule has 1 N–H and O–H groups in total. The number of hydrogen-bond donors (Lipinski definition) is 1. The van der Waals surface area contributed by atoms with Crippen LogP contribution < -0.4 is 15.2 Å². The van der Waals surface area contributed by atoms with E-state index < -0.39 is 48.9 Å². The number of halogens is 5. The van der Waals surface area contributed by atoms with Gasteiger partial charge in [0.15, 0.2) is 29.3 Å². The molecule has 3 aromatic heterocycles. The number of nitrogens with zero attached hydrogens (tertiary/aromatic N) is 5. The largest absolute Gasteiger partial charge is 0.465 e. The molecule has 0 aliphatic carbocycles. The van der Waals surface area contributed by atoms with Crippen LogP contribution in [0, 0.1) is 5.82 Å². The number of hydrogen-bond acceptors (Lipinski definition) is 7. The number of benzene rings is 1. The zero-order valence-electron chi connectivity index (χ0n) is 18.5. The number of ether oxygens (including phenoxy) is 2. The third kappa shape index (κ3) is 4.71. The maximum Gasteiger partial charge on any atom is 0.352 e. The van der Waals surface area contributed by atoms with Gasteiger partial charge in [0.1, 0.15) is 18.7 Å². The van der Waals surface area contributed by atoms with E-state index >= 15 is 0 Å².